The number of hydrogen-bond donors (Lipinski definition) is 2. The van der Waals surface area contributed by atoms with E-state index in [-0.39, 0.29) is 11.3 Å². The lowest BCUT2D eigenvalue weighted by molar-refractivity contribution is 0.497. The summed E-state index contributed by atoms with van der Waals surface area (Å²) in [7, 11) is 0. The summed E-state index contributed by atoms with van der Waals surface area (Å²) in [6, 6.07) is 18.1. The van der Waals surface area contributed by atoms with Crippen molar-refractivity contribution < 1.29 is 9.52 Å². The van der Waals surface area contributed by atoms with E-state index in [1.165, 1.54) is 6.20 Å². The fourth-order valence-corrected chi connectivity index (χ4v) is 2.00. The van der Waals surface area contributed by atoms with E-state index in [1.807, 2.05) is 42.5 Å². The molecule has 0 aliphatic carbocycles. The number of rotatable bonds is 3. The lowest BCUT2D eigenvalue weighted by Gasteiger charge is -2.03. The van der Waals surface area contributed by atoms with Gasteiger partial charge >= 0.3 is 5.63 Å². The third-order valence-electron chi connectivity index (χ3n) is 3.07. The first-order valence-electron chi connectivity index (χ1n) is 6.48. The van der Waals surface area contributed by atoms with Crippen LogP contribution in [0.2, 0.25) is 0 Å². The molecule has 0 saturated heterocycles. The Balaban J connectivity index is 1.95. The Morgan fingerprint density at radius 3 is 2.57 bits per heavy atom. The highest BCUT2D eigenvalue weighted by Crippen LogP contribution is 2.16. The zero-order chi connectivity index (χ0) is 14.7. The van der Waals surface area contributed by atoms with Gasteiger partial charge in [-0.2, -0.15) is 0 Å². The summed E-state index contributed by atoms with van der Waals surface area (Å²) in [6.45, 7) is 0. The van der Waals surface area contributed by atoms with E-state index in [9.17, 15) is 9.90 Å². The van der Waals surface area contributed by atoms with Crippen LogP contribution in [0.4, 0.5) is 5.69 Å². The fraction of sp³-hybridized carbons (Fsp3) is 0. The molecular formula is C17H13NO3. The van der Waals surface area contributed by atoms with Crippen LogP contribution in [-0.2, 0) is 0 Å². The summed E-state index contributed by atoms with van der Waals surface area (Å²) < 4.78 is 5.18. The topological polar surface area (TPSA) is 62.5 Å². The zero-order valence-corrected chi connectivity index (χ0v) is 11.1. The number of anilines is 1. The molecule has 0 radical (unpaired) electrons. The highest BCUT2D eigenvalue weighted by Gasteiger charge is 2.08. The molecule has 0 amide bonds. The molecule has 3 rings (SSSR count). The van der Waals surface area contributed by atoms with E-state index in [2.05, 4.69) is 5.32 Å². The third kappa shape index (κ3) is 2.79. The monoisotopic (exact) mass is 279 g/mol. The predicted molar refractivity (Wildman–Crippen MR) is 83.2 cm³/mol. The molecule has 0 saturated carbocycles. The number of benzene rings is 2. The quantitative estimate of drug-likeness (QED) is 0.566. The van der Waals surface area contributed by atoms with Gasteiger partial charge in [0.2, 0.25) is 0 Å². The normalized spacial score (nSPS) is 11.5. The molecule has 21 heavy (non-hydrogen) atoms. The molecule has 0 bridgehead atoms. The molecule has 1 aromatic heterocycles. The van der Waals surface area contributed by atoms with Gasteiger partial charge in [-0.1, -0.05) is 36.4 Å². The van der Waals surface area contributed by atoms with Gasteiger partial charge in [-0.15, -0.1) is 0 Å². The van der Waals surface area contributed by atoms with Gasteiger partial charge in [0.25, 0.3) is 0 Å². The first-order valence-corrected chi connectivity index (χ1v) is 6.48. The molecule has 0 aliphatic heterocycles. The molecule has 4 heteroatoms. The van der Waals surface area contributed by atoms with Crippen molar-refractivity contribution in [2.75, 3.05) is 5.32 Å². The molecule has 0 unspecified atom stereocenters. The molecular weight excluding hydrogens is 266 g/mol. The van der Waals surface area contributed by atoms with Crippen molar-refractivity contribution in [2.45, 2.75) is 0 Å². The van der Waals surface area contributed by atoms with Crippen molar-refractivity contribution in [1.29, 1.82) is 0 Å². The molecule has 1 heterocycles. The SMILES string of the molecule is O=c1oc2ccccc2cc1/C(O)=C/Nc1ccccc1. The minimum absolute atomic E-state index is 0.122. The molecule has 3 aromatic rings. The van der Waals surface area contributed by atoms with E-state index >= 15 is 0 Å². The number of para-hydroxylation sites is 2. The van der Waals surface area contributed by atoms with Crippen molar-refractivity contribution in [3.05, 3.63) is 82.8 Å². The maximum absolute atomic E-state index is 11.9. The predicted octanol–water partition coefficient (Wildman–Crippen LogP) is 3.76. The second-order valence-electron chi connectivity index (χ2n) is 4.53. The molecule has 2 N–H and O–H groups in total. The molecule has 0 atom stereocenters. The molecule has 0 spiro atoms. The lowest BCUT2D eigenvalue weighted by Crippen LogP contribution is -2.07. The van der Waals surface area contributed by atoms with E-state index in [0.717, 1.165) is 11.1 Å². The third-order valence-corrected chi connectivity index (χ3v) is 3.07. The maximum atomic E-state index is 11.9. The summed E-state index contributed by atoms with van der Waals surface area (Å²) in [5.74, 6) is -0.168. The Labute approximate surface area is 121 Å². The minimum atomic E-state index is -0.572. The summed E-state index contributed by atoms with van der Waals surface area (Å²) in [6.07, 6.45) is 1.37. The molecule has 104 valence electrons. The van der Waals surface area contributed by atoms with Gasteiger partial charge in [-0.05, 0) is 24.3 Å². The van der Waals surface area contributed by atoms with Crippen molar-refractivity contribution in [3.63, 3.8) is 0 Å². The summed E-state index contributed by atoms with van der Waals surface area (Å²) in [4.78, 5) is 11.9. The van der Waals surface area contributed by atoms with Crippen LogP contribution in [0.25, 0.3) is 16.7 Å². The Bertz CT molecular complexity index is 851. The van der Waals surface area contributed by atoms with Crippen LogP contribution in [-0.4, -0.2) is 5.11 Å². The van der Waals surface area contributed by atoms with E-state index in [1.54, 1.807) is 18.2 Å². The Hall–Kier alpha value is -3.01. The molecule has 0 fully saturated rings. The highest BCUT2D eigenvalue weighted by molar-refractivity contribution is 5.79. The standard InChI is InChI=1S/C17H13NO3/c19-15(11-18-13-7-2-1-3-8-13)14-10-12-6-4-5-9-16(12)21-17(14)20/h1-11,18-19H/b15-11-. The Kier molecular flexibility index (Phi) is 3.43. The average Bonchev–Trinajstić information content (AvgIpc) is 2.53. The van der Waals surface area contributed by atoms with E-state index in [4.69, 9.17) is 4.42 Å². The second kappa shape index (κ2) is 5.54. The van der Waals surface area contributed by atoms with Crippen LogP contribution in [0, 0.1) is 0 Å². The van der Waals surface area contributed by atoms with Gasteiger partial charge < -0.3 is 14.8 Å². The van der Waals surface area contributed by atoms with Gasteiger partial charge in [-0.3, -0.25) is 0 Å². The van der Waals surface area contributed by atoms with Crippen LogP contribution >= 0.6 is 0 Å². The largest absolute Gasteiger partial charge is 0.506 e. The Morgan fingerprint density at radius 1 is 1.05 bits per heavy atom. The first kappa shape index (κ1) is 13.0. The van der Waals surface area contributed by atoms with Crippen molar-refractivity contribution in [1.82, 2.24) is 0 Å². The Morgan fingerprint density at radius 2 is 1.76 bits per heavy atom. The van der Waals surface area contributed by atoms with Gasteiger partial charge in [-0.25, -0.2) is 4.79 Å². The van der Waals surface area contributed by atoms with Crippen LogP contribution in [0.3, 0.4) is 0 Å². The lowest BCUT2D eigenvalue weighted by atomic mass is 10.1. The van der Waals surface area contributed by atoms with Gasteiger partial charge in [0.1, 0.15) is 16.9 Å². The number of fused-ring (bicyclic) bond motifs is 1. The summed E-state index contributed by atoms with van der Waals surface area (Å²) >= 11 is 0. The number of aliphatic hydroxyl groups is 1. The first-order chi connectivity index (χ1) is 10.2. The highest BCUT2D eigenvalue weighted by atomic mass is 16.4. The van der Waals surface area contributed by atoms with Crippen molar-refractivity contribution >= 4 is 22.4 Å². The average molecular weight is 279 g/mol. The number of nitrogens with one attached hydrogen (secondary N) is 1. The second-order valence-corrected chi connectivity index (χ2v) is 4.53. The maximum Gasteiger partial charge on any atom is 0.347 e. The number of aliphatic hydroxyl groups excluding tert-OH is 1. The van der Waals surface area contributed by atoms with Gasteiger partial charge in [0, 0.05) is 17.3 Å². The molecule has 2 aromatic carbocycles. The van der Waals surface area contributed by atoms with Crippen LogP contribution in [0.1, 0.15) is 5.56 Å². The zero-order valence-electron chi connectivity index (χ0n) is 11.1. The van der Waals surface area contributed by atoms with Crippen LogP contribution < -0.4 is 10.9 Å². The fourth-order valence-electron chi connectivity index (χ4n) is 2.00. The summed E-state index contributed by atoms with van der Waals surface area (Å²) in [5, 5.41) is 13.7. The van der Waals surface area contributed by atoms with Crippen LogP contribution in [0.15, 0.2) is 76.1 Å². The number of hydrogen-bond acceptors (Lipinski definition) is 4. The van der Waals surface area contributed by atoms with Crippen molar-refractivity contribution in [3.8, 4) is 0 Å². The summed E-state index contributed by atoms with van der Waals surface area (Å²) in [5.41, 5.74) is 0.860. The molecule has 0 aliphatic rings. The van der Waals surface area contributed by atoms with E-state index in [0.29, 0.717) is 5.58 Å². The smallest absolute Gasteiger partial charge is 0.347 e. The van der Waals surface area contributed by atoms with Gasteiger partial charge in [0.15, 0.2) is 0 Å². The van der Waals surface area contributed by atoms with E-state index < -0.39 is 5.63 Å². The minimum Gasteiger partial charge on any atom is -0.506 e. The van der Waals surface area contributed by atoms with Gasteiger partial charge in [0.05, 0.1) is 0 Å². The molecule has 4 nitrogen and oxygen atoms in total. The van der Waals surface area contributed by atoms with Crippen LogP contribution in [0.5, 0.6) is 0 Å². The van der Waals surface area contributed by atoms with Crippen molar-refractivity contribution in [2.24, 2.45) is 0 Å².